The summed E-state index contributed by atoms with van der Waals surface area (Å²) < 4.78 is 35.0. The van der Waals surface area contributed by atoms with Crippen molar-refractivity contribution >= 4 is 27.5 Å². The molecule has 8 nitrogen and oxygen atoms in total. The van der Waals surface area contributed by atoms with Crippen LogP contribution in [0.5, 0.6) is 11.5 Å². The zero-order valence-electron chi connectivity index (χ0n) is 25.3. The Morgan fingerprint density at radius 1 is 0.795 bits per heavy atom. The van der Waals surface area contributed by atoms with Gasteiger partial charge in [0, 0.05) is 13.1 Å². The standard InChI is InChI=1S/C35H39N3O5S/c1-4-24-36-35(40)33(5-2)37(25-28-18-16-27(3)17-19-28)34(39)26-38(44(41,42)32-14-10-7-11-15-32)29-20-22-31(23-21-29)43-30-12-8-6-9-13-30/h6-23,33H,4-5,24-26H2,1-3H3,(H,36,40). The summed E-state index contributed by atoms with van der Waals surface area (Å²) in [4.78, 5) is 28.9. The van der Waals surface area contributed by atoms with Crippen LogP contribution in [0, 0.1) is 6.92 Å². The first-order chi connectivity index (χ1) is 21.2. The molecule has 0 saturated carbocycles. The molecule has 230 valence electrons. The summed E-state index contributed by atoms with van der Waals surface area (Å²) in [7, 11) is -4.16. The third kappa shape index (κ3) is 8.26. The Labute approximate surface area is 260 Å². The zero-order valence-corrected chi connectivity index (χ0v) is 26.2. The average Bonchev–Trinajstić information content (AvgIpc) is 3.04. The lowest BCUT2D eigenvalue weighted by atomic mass is 10.1. The molecule has 0 aliphatic carbocycles. The van der Waals surface area contributed by atoms with Gasteiger partial charge >= 0.3 is 0 Å². The molecule has 4 aromatic carbocycles. The lowest BCUT2D eigenvalue weighted by molar-refractivity contribution is -0.140. The third-order valence-electron chi connectivity index (χ3n) is 7.12. The highest BCUT2D eigenvalue weighted by atomic mass is 32.2. The number of carbonyl (C=O) groups excluding carboxylic acids is 2. The molecule has 0 saturated heterocycles. The summed E-state index contributed by atoms with van der Waals surface area (Å²) in [5.41, 5.74) is 2.20. The Hall–Kier alpha value is -4.63. The molecule has 0 aromatic heterocycles. The summed E-state index contributed by atoms with van der Waals surface area (Å²) in [6.07, 6.45) is 1.12. The minimum Gasteiger partial charge on any atom is -0.457 e. The van der Waals surface area contributed by atoms with Crippen LogP contribution in [0.2, 0.25) is 0 Å². The number of hydrogen-bond donors (Lipinski definition) is 1. The van der Waals surface area contributed by atoms with E-state index in [9.17, 15) is 18.0 Å². The molecular weight excluding hydrogens is 574 g/mol. The van der Waals surface area contributed by atoms with Gasteiger partial charge in [-0.25, -0.2) is 8.42 Å². The van der Waals surface area contributed by atoms with Crippen molar-refractivity contribution in [1.29, 1.82) is 0 Å². The van der Waals surface area contributed by atoms with Crippen LogP contribution < -0.4 is 14.4 Å². The molecule has 1 N–H and O–H groups in total. The number of anilines is 1. The molecule has 0 radical (unpaired) electrons. The number of hydrogen-bond acceptors (Lipinski definition) is 5. The second kappa shape index (κ2) is 15.2. The Kier molecular flexibility index (Phi) is 11.2. The van der Waals surface area contributed by atoms with Gasteiger partial charge in [-0.05, 0) is 73.9 Å². The molecule has 1 unspecified atom stereocenters. The van der Waals surface area contributed by atoms with E-state index in [0.717, 1.165) is 21.9 Å². The van der Waals surface area contributed by atoms with Gasteiger partial charge in [-0.2, -0.15) is 0 Å². The second-order valence-electron chi connectivity index (χ2n) is 10.5. The van der Waals surface area contributed by atoms with E-state index in [0.29, 0.717) is 30.2 Å². The predicted molar refractivity (Wildman–Crippen MR) is 173 cm³/mol. The van der Waals surface area contributed by atoms with Crippen molar-refractivity contribution in [2.24, 2.45) is 0 Å². The number of rotatable bonds is 14. The lowest BCUT2D eigenvalue weighted by Gasteiger charge is -2.33. The van der Waals surface area contributed by atoms with Gasteiger partial charge in [-0.3, -0.25) is 13.9 Å². The van der Waals surface area contributed by atoms with Gasteiger partial charge < -0.3 is 15.0 Å². The van der Waals surface area contributed by atoms with Crippen LogP contribution in [0.15, 0.2) is 114 Å². The van der Waals surface area contributed by atoms with Gasteiger partial charge in [0.05, 0.1) is 10.6 Å². The van der Waals surface area contributed by atoms with Gasteiger partial charge in [0.1, 0.15) is 24.1 Å². The number of amides is 2. The van der Waals surface area contributed by atoms with Gasteiger partial charge in [0.2, 0.25) is 11.8 Å². The fourth-order valence-electron chi connectivity index (χ4n) is 4.73. The summed E-state index contributed by atoms with van der Waals surface area (Å²) in [5.74, 6) is 0.397. The number of carbonyl (C=O) groups is 2. The average molecular weight is 614 g/mol. The maximum atomic E-state index is 14.2. The summed E-state index contributed by atoms with van der Waals surface area (Å²) in [5, 5.41) is 2.90. The van der Waals surface area contributed by atoms with Crippen LogP contribution in [0.25, 0.3) is 0 Å². The molecular formula is C35H39N3O5S. The maximum Gasteiger partial charge on any atom is 0.264 e. The molecule has 9 heteroatoms. The smallest absolute Gasteiger partial charge is 0.264 e. The van der Waals surface area contributed by atoms with E-state index in [2.05, 4.69) is 5.32 Å². The number of para-hydroxylation sites is 1. The number of sulfonamides is 1. The van der Waals surface area contributed by atoms with Crippen molar-refractivity contribution in [1.82, 2.24) is 10.2 Å². The topological polar surface area (TPSA) is 96.0 Å². The molecule has 44 heavy (non-hydrogen) atoms. The van der Waals surface area contributed by atoms with Crippen LogP contribution in [-0.2, 0) is 26.2 Å². The molecule has 0 heterocycles. The van der Waals surface area contributed by atoms with Crippen molar-refractivity contribution in [3.8, 4) is 11.5 Å². The maximum absolute atomic E-state index is 14.2. The summed E-state index contributed by atoms with van der Waals surface area (Å²) in [6, 6.07) is 30.7. The molecule has 0 aliphatic rings. The van der Waals surface area contributed by atoms with E-state index in [1.807, 2.05) is 75.4 Å². The number of nitrogens with zero attached hydrogens (tertiary/aromatic N) is 2. The van der Waals surface area contributed by atoms with Crippen molar-refractivity contribution in [3.63, 3.8) is 0 Å². The Morgan fingerprint density at radius 3 is 1.98 bits per heavy atom. The van der Waals surface area contributed by atoms with Crippen LogP contribution in [-0.4, -0.2) is 44.3 Å². The van der Waals surface area contributed by atoms with Crippen LogP contribution in [0.1, 0.15) is 37.8 Å². The molecule has 2 amide bonds. The molecule has 0 aliphatic heterocycles. The minimum absolute atomic E-state index is 0.0511. The van der Waals surface area contributed by atoms with Gasteiger partial charge in [-0.1, -0.05) is 80.1 Å². The molecule has 0 bridgehead atoms. The fourth-order valence-corrected chi connectivity index (χ4v) is 6.16. The molecule has 4 aromatic rings. The number of ether oxygens (including phenoxy) is 1. The van der Waals surface area contributed by atoms with E-state index >= 15 is 0 Å². The van der Waals surface area contributed by atoms with Crippen LogP contribution >= 0.6 is 0 Å². The first-order valence-corrected chi connectivity index (χ1v) is 16.2. The van der Waals surface area contributed by atoms with Crippen LogP contribution in [0.3, 0.4) is 0 Å². The summed E-state index contributed by atoms with van der Waals surface area (Å²) >= 11 is 0. The first kappa shape index (κ1) is 32.3. The Morgan fingerprint density at radius 2 is 1.39 bits per heavy atom. The number of benzene rings is 4. The van der Waals surface area contributed by atoms with Crippen molar-refractivity contribution < 1.29 is 22.7 Å². The van der Waals surface area contributed by atoms with Gasteiger partial charge in [0.15, 0.2) is 0 Å². The van der Waals surface area contributed by atoms with E-state index in [1.165, 1.54) is 17.0 Å². The summed E-state index contributed by atoms with van der Waals surface area (Å²) in [6.45, 7) is 5.91. The monoisotopic (exact) mass is 613 g/mol. The number of nitrogens with one attached hydrogen (secondary N) is 1. The van der Waals surface area contributed by atoms with Crippen molar-refractivity contribution in [2.75, 3.05) is 17.4 Å². The third-order valence-corrected chi connectivity index (χ3v) is 8.91. The second-order valence-corrected chi connectivity index (χ2v) is 12.3. The van der Waals surface area contributed by atoms with Gasteiger partial charge in [-0.15, -0.1) is 0 Å². The highest BCUT2D eigenvalue weighted by molar-refractivity contribution is 7.92. The normalized spacial score (nSPS) is 11.8. The van der Waals surface area contributed by atoms with E-state index in [1.54, 1.807) is 42.5 Å². The largest absolute Gasteiger partial charge is 0.457 e. The molecule has 0 fully saturated rings. The Bertz CT molecular complexity index is 1610. The molecule has 1 atom stereocenters. The Balaban J connectivity index is 1.70. The molecule has 4 rings (SSSR count). The van der Waals surface area contributed by atoms with Crippen molar-refractivity contribution in [3.05, 3.63) is 120 Å². The predicted octanol–water partition coefficient (Wildman–Crippen LogP) is 6.32. The number of aryl methyl sites for hydroxylation is 1. The van der Waals surface area contributed by atoms with E-state index in [4.69, 9.17) is 4.74 Å². The SMILES string of the molecule is CCCNC(=O)C(CC)N(Cc1ccc(C)cc1)C(=O)CN(c1ccc(Oc2ccccc2)cc1)S(=O)(=O)c1ccccc1. The van der Waals surface area contributed by atoms with Gasteiger partial charge in [0.25, 0.3) is 10.0 Å². The quantitative estimate of drug-likeness (QED) is 0.180. The highest BCUT2D eigenvalue weighted by Gasteiger charge is 2.33. The zero-order chi connectivity index (χ0) is 31.5. The minimum atomic E-state index is -4.16. The van der Waals surface area contributed by atoms with E-state index in [-0.39, 0.29) is 17.3 Å². The van der Waals surface area contributed by atoms with Crippen LogP contribution in [0.4, 0.5) is 5.69 Å². The first-order valence-electron chi connectivity index (χ1n) is 14.8. The fraction of sp³-hybridized carbons (Fsp3) is 0.257. The lowest BCUT2D eigenvalue weighted by Crippen LogP contribution is -2.52. The molecule has 0 spiro atoms. The highest BCUT2D eigenvalue weighted by Crippen LogP contribution is 2.28. The van der Waals surface area contributed by atoms with Crippen molar-refractivity contribution in [2.45, 2.75) is 51.1 Å². The van der Waals surface area contributed by atoms with E-state index < -0.39 is 28.5 Å².